The van der Waals surface area contributed by atoms with Gasteiger partial charge in [0.05, 0.1) is 4.90 Å². The minimum absolute atomic E-state index is 0.0101. The molecule has 0 aliphatic carbocycles. The summed E-state index contributed by atoms with van der Waals surface area (Å²) in [6.45, 7) is 1.84. The highest BCUT2D eigenvalue weighted by molar-refractivity contribution is 7.89. The van der Waals surface area contributed by atoms with Gasteiger partial charge in [-0.3, -0.25) is 4.79 Å². The SMILES string of the molecule is Cc1ccc(S(=O)(=O)NCCc2ccc(Cl)cc2Cl)cc1C(N)=O. The van der Waals surface area contributed by atoms with E-state index in [1.807, 2.05) is 0 Å². The number of aryl methyl sites for hydroxylation is 1. The Bertz CT molecular complexity index is 883. The van der Waals surface area contributed by atoms with E-state index in [1.165, 1.54) is 12.1 Å². The van der Waals surface area contributed by atoms with Gasteiger partial charge in [0.15, 0.2) is 0 Å². The second kappa shape index (κ2) is 7.53. The van der Waals surface area contributed by atoms with Gasteiger partial charge in [0.25, 0.3) is 0 Å². The molecule has 1 amide bonds. The quantitative estimate of drug-likeness (QED) is 0.799. The summed E-state index contributed by atoms with van der Waals surface area (Å²) in [7, 11) is -3.75. The van der Waals surface area contributed by atoms with Crippen LogP contribution in [0.2, 0.25) is 10.0 Å². The Morgan fingerprint density at radius 2 is 1.88 bits per heavy atom. The Kier molecular flexibility index (Phi) is 5.87. The first-order chi connectivity index (χ1) is 11.2. The number of halogens is 2. The molecule has 3 N–H and O–H groups in total. The summed E-state index contributed by atoms with van der Waals surface area (Å²) in [5.74, 6) is -0.669. The number of amides is 1. The molecule has 0 saturated heterocycles. The summed E-state index contributed by atoms with van der Waals surface area (Å²) >= 11 is 11.9. The first-order valence-corrected chi connectivity index (χ1v) is 9.28. The van der Waals surface area contributed by atoms with Crippen molar-refractivity contribution < 1.29 is 13.2 Å². The lowest BCUT2D eigenvalue weighted by atomic mass is 10.1. The van der Waals surface area contributed by atoms with Crippen LogP contribution in [0.15, 0.2) is 41.3 Å². The van der Waals surface area contributed by atoms with E-state index in [0.717, 1.165) is 5.56 Å². The van der Waals surface area contributed by atoms with Crippen molar-refractivity contribution in [1.29, 1.82) is 0 Å². The van der Waals surface area contributed by atoms with Gasteiger partial charge in [-0.1, -0.05) is 35.3 Å². The van der Waals surface area contributed by atoms with Crippen molar-refractivity contribution in [2.24, 2.45) is 5.73 Å². The largest absolute Gasteiger partial charge is 0.366 e. The molecule has 0 aromatic heterocycles. The first kappa shape index (κ1) is 18.7. The lowest BCUT2D eigenvalue weighted by Gasteiger charge is -2.10. The molecule has 0 unspecified atom stereocenters. The van der Waals surface area contributed by atoms with E-state index in [2.05, 4.69) is 4.72 Å². The zero-order chi connectivity index (χ0) is 17.9. The average Bonchev–Trinajstić information content (AvgIpc) is 2.49. The Morgan fingerprint density at radius 3 is 2.50 bits per heavy atom. The minimum atomic E-state index is -3.75. The van der Waals surface area contributed by atoms with Crippen LogP contribution < -0.4 is 10.5 Å². The highest BCUT2D eigenvalue weighted by Crippen LogP contribution is 2.21. The van der Waals surface area contributed by atoms with Crippen LogP contribution in [0.25, 0.3) is 0 Å². The standard InChI is InChI=1S/C16H16Cl2N2O3S/c1-10-2-5-13(9-14(10)16(19)21)24(22,23)20-7-6-11-3-4-12(17)8-15(11)18/h2-5,8-9,20H,6-7H2,1H3,(H2,19,21). The summed E-state index contributed by atoms with van der Waals surface area (Å²) in [6.07, 6.45) is 0.407. The highest BCUT2D eigenvalue weighted by Gasteiger charge is 2.16. The van der Waals surface area contributed by atoms with Crippen LogP contribution in [0.1, 0.15) is 21.5 Å². The monoisotopic (exact) mass is 386 g/mol. The molecule has 128 valence electrons. The lowest BCUT2D eigenvalue weighted by Crippen LogP contribution is -2.26. The number of benzene rings is 2. The summed E-state index contributed by atoms with van der Waals surface area (Å²) in [4.78, 5) is 11.3. The van der Waals surface area contributed by atoms with Gasteiger partial charge in [-0.2, -0.15) is 0 Å². The molecule has 0 fully saturated rings. The van der Waals surface area contributed by atoms with Gasteiger partial charge in [-0.25, -0.2) is 13.1 Å². The third kappa shape index (κ3) is 4.48. The van der Waals surface area contributed by atoms with E-state index in [9.17, 15) is 13.2 Å². The van der Waals surface area contributed by atoms with Crippen molar-refractivity contribution in [2.75, 3.05) is 6.54 Å². The summed E-state index contributed by atoms with van der Waals surface area (Å²) in [6, 6.07) is 9.29. The van der Waals surface area contributed by atoms with E-state index in [4.69, 9.17) is 28.9 Å². The lowest BCUT2D eigenvalue weighted by molar-refractivity contribution is 0.0999. The normalized spacial score (nSPS) is 11.5. The number of nitrogens with one attached hydrogen (secondary N) is 1. The molecule has 2 rings (SSSR count). The summed E-state index contributed by atoms with van der Waals surface area (Å²) in [5.41, 5.74) is 6.83. The summed E-state index contributed by atoms with van der Waals surface area (Å²) in [5, 5.41) is 0.996. The molecule has 0 spiro atoms. The van der Waals surface area contributed by atoms with Gasteiger partial charge in [0.1, 0.15) is 0 Å². The van der Waals surface area contributed by atoms with E-state index in [1.54, 1.807) is 31.2 Å². The van der Waals surface area contributed by atoms with Crippen molar-refractivity contribution in [2.45, 2.75) is 18.2 Å². The molecule has 0 aliphatic rings. The maximum Gasteiger partial charge on any atom is 0.249 e. The highest BCUT2D eigenvalue weighted by atomic mass is 35.5. The fourth-order valence-corrected chi connectivity index (χ4v) is 3.72. The first-order valence-electron chi connectivity index (χ1n) is 7.05. The second-order valence-corrected chi connectivity index (χ2v) is 7.84. The molecular weight excluding hydrogens is 371 g/mol. The third-order valence-electron chi connectivity index (χ3n) is 3.49. The molecule has 2 aromatic carbocycles. The molecule has 0 atom stereocenters. The molecule has 0 saturated carbocycles. The van der Waals surface area contributed by atoms with Crippen LogP contribution in [0.5, 0.6) is 0 Å². The topological polar surface area (TPSA) is 89.3 Å². The summed E-state index contributed by atoms with van der Waals surface area (Å²) < 4.78 is 27.1. The van der Waals surface area contributed by atoms with Crippen LogP contribution >= 0.6 is 23.2 Å². The molecule has 24 heavy (non-hydrogen) atoms. The molecule has 0 bridgehead atoms. The molecule has 5 nitrogen and oxygen atoms in total. The average molecular weight is 387 g/mol. The van der Waals surface area contributed by atoms with Crippen molar-refractivity contribution >= 4 is 39.1 Å². The van der Waals surface area contributed by atoms with Crippen molar-refractivity contribution in [1.82, 2.24) is 4.72 Å². The van der Waals surface area contributed by atoms with Crippen LogP contribution in [0.4, 0.5) is 0 Å². The van der Waals surface area contributed by atoms with Crippen LogP contribution in [-0.2, 0) is 16.4 Å². The molecule has 0 heterocycles. The van der Waals surface area contributed by atoms with Gasteiger partial charge in [0.2, 0.25) is 15.9 Å². The number of hydrogen-bond donors (Lipinski definition) is 2. The fraction of sp³-hybridized carbons (Fsp3) is 0.188. The number of carbonyl (C=O) groups excluding carboxylic acids is 1. The van der Waals surface area contributed by atoms with Crippen LogP contribution in [0.3, 0.4) is 0 Å². The van der Waals surface area contributed by atoms with Gasteiger partial charge >= 0.3 is 0 Å². The van der Waals surface area contributed by atoms with Crippen molar-refractivity contribution in [3.8, 4) is 0 Å². The Hall–Kier alpha value is -1.60. The number of sulfonamides is 1. The predicted molar refractivity (Wildman–Crippen MR) is 95.1 cm³/mol. The molecule has 8 heteroatoms. The maximum atomic E-state index is 12.3. The molecule has 2 aromatic rings. The van der Waals surface area contributed by atoms with Crippen molar-refractivity contribution in [3.63, 3.8) is 0 Å². The second-order valence-electron chi connectivity index (χ2n) is 5.22. The van der Waals surface area contributed by atoms with E-state index >= 15 is 0 Å². The maximum absolute atomic E-state index is 12.3. The Labute approximate surface area is 150 Å². The van der Waals surface area contributed by atoms with E-state index < -0.39 is 15.9 Å². The minimum Gasteiger partial charge on any atom is -0.366 e. The van der Waals surface area contributed by atoms with Gasteiger partial charge < -0.3 is 5.73 Å². The number of hydrogen-bond acceptors (Lipinski definition) is 3. The molecular formula is C16H16Cl2N2O3S. The van der Waals surface area contributed by atoms with E-state index in [0.29, 0.717) is 22.0 Å². The Balaban J connectivity index is 2.11. The number of nitrogens with two attached hydrogens (primary N) is 1. The number of primary amides is 1. The van der Waals surface area contributed by atoms with Gasteiger partial charge in [-0.05, 0) is 48.7 Å². The van der Waals surface area contributed by atoms with E-state index in [-0.39, 0.29) is 17.0 Å². The smallest absolute Gasteiger partial charge is 0.249 e. The third-order valence-corrected chi connectivity index (χ3v) is 5.53. The number of carbonyl (C=O) groups is 1. The molecule has 0 aliphatic heterocycles. The van der Waals surface area contributed by atoms with Crippen LogP contribution in [0, 0.1) is 6.92 Å². The fourth-order valence-electron chi connectivity index (χ4n) is 2.16. The number of rotatable bonds is 6. The van der Waals surface area contributed by atoms with Crippen LogP contribution in [-0.4, -0.2) is 20.9 Å². The zero-order valence-corrected chi connectivity index (χ0v) is 15.2. The van der Waals surface area contributed by atoms with Crippen molar-refractivity contribution in [3.05, 3.63) is 63.1 Å². The predicted octanol–water partition coefficient (Wildman–Crippen LogP) is 2.92. The zero-order valence-electron chi connectivity index (χ0n) is 12.8. The van der Waals surface area contributed by atoms with Gasteiger partial charge in [-0.15, -0.1) is 0 Å². The van der Waals surface area contributed by atoms with Gasteiger partial charge in [0, 0.05) is 22.2 Å². The Morgan fingerprint density at radius 1 is 1.17 bits per heavy atom. The molecule has 0 radical (unpaired) electrons.